The van der Waals surface area contributed by atoms with Gasteiger partial charge >= 0.3 is 0 Å². The van der Waals surface area contributed by atoms with Gasteiger partial charge in [0.25, 0.3) is 5.91 Å². The van der Waals surface area contributed by atoms with E-state index in [1.54, 1.807) is 31.6 Å². The van der Waals surface area contributed by atoms with Gasteiger partial charge in [0.15, 0.2) is 5.75 Å². The van der Waals surface area contributed by atoms with Crippen molar-refractivity contribution in [3.8, 4) is 5.75 Å². The summed E-state index contributed by atoms with van der Waals surface area (Å²) in [5, 5.41) is 2.92. The number of piperazine rings is 1. The zero-order chi connectivity index (χ0) is 17.8. The Bertz CT molecular complexity index is 746. The molecule has 3 rings (SSSR count). The predicted molar refractivity (Wildman–Crippen MR) is 108 cm³/mol. The van der Waals surface area contributed by atoms with Crippen LogP contribution in [-0.4, -0.2) is 56.1 Å². The van der Waals surface area contributed by atoms with Crippen LogP contribution in [0.2, 0.25) is 0 Å². The molecule has 1 N–H and O–H groups in total. The first kappa shape index (κ1) is 17.9. The van der Waals surface area contributed by atoms with E-state index in [1.807, 2.05) is 6.07 Å². The number of carbonyl (C=O) groups is 1. The van der Waals surface area contributed by atoms with E-state index in [0.29, 0.717) is 17.0 Å². The second-order valence-electron chi connectivity index (χ2n) is 5.97. The van der Waals surface area contributed by atoms with Crippen LogP contribution in [0.4, 0.5) is 11.4 Å². The molecule has 1 aliphatic rings. The molecule has 0 unspecified atom stereocenters. The number of halogens is 1. The fraction of sp³-hybridized carbons (Fsp3) is 0.333. The molecule has 25 heavy (non-hydrogen) atoms. The molecule has 0 bridgehead atoms. The summed E-state index contributed by atoms with van der Waals surface area (Å²) in [6, 6.07) is 7.43. The summed E-state index contributed by atoms with van der Waals surface area (Å²) in [5.74, 6) is 0.490. The molecule has 1 aromatic carbocycles. The number of ether oxygens (including phenoxy) is 1. The predicted octanol–water partition coefficient (Wildman–Crippen LogP) is 2.70. The van der Waals surface area contributed by atoms with Crippen molar-refractivity contribution in [2.45, 2.75) is 0 Å². The molecule has 0 radical (unpaired) electrons. The molecule has 1 amide bonds. The Kier molecular flexibility index (Phi) is 5.74. The third-order valence-corrected chi connectivity index (χ3v) is 5.34. The Morgan fingerprint density at radius 1 is 1.24 bits per heavy atom. The van der Waals surface area contributed by atoms with Gasteiger partial charge in [0, 0.05) is 38.6 Å². The molecule has 1 fully saturated rings. The van der Waals surface area contributed by atoms with Gasteiger partial charge in [-0.1, -0.05) is 0 Å². The Hall–Kier alpha value is -1.87. The van der Waals surface area contributed by atoms with E-state index in [-0.39, 0.29) is 5.91 Å². The van der Waals surface area contributed by atoms with Gasteiger partial charge in [0.05, 0.1) is 27.6 Å². The van der Waals surface area contributed by atoms with Gasteiger partial charge in [-0.2, -0.15) is 0 Å². The van der Waals surface area contributed by atoms with E-state index < -0.39 is 0 Å². The Labute approximate surface area is 161 Å². The largest absolute Gasteiger partial charge is 0.493 e. The lowest BCUT2D eigenvalue weighted by molar-refractivity contribution is 0.102. The SMILES string of the molecule is COc1c(NC(=O)c2cccnc2)ccc(N2CCN(C)CC2)c1I. The van der Waals surface area contributed by atoms with Gasteiger partial charge in [-0.3, -0.25) is 9.78 Å². The highest BCUT2D eigenvalue weighted by Crippen LogP contribution is 2.37. The zero-order valence-corrected chi connectivity index (χ0v) is 16.5. The van der Waals surface area contributed by atoms with Crippen LogP contribution in [0.1, 0.15) is 10.4 Å². The summed E-state index contributed by atoms with van der Waals surface area (Å²) in [7, 11) is 3.77. The van der Waals surface area contributed by atoms with Gasteiger partial charge in [-0.25, -0.2) is 0 Å². The molecule has 0 spiro atoms. The van der Waals surface area contributed by atoms with Gasteiger partial charge < -0.3 is 19.9 Å². The first-order valence-electron chi connectivity index (χ1n) is 8.11. The van der Waals surface area contributed by atoms with E-state index in [9.17, 15) is 4.79 Å². The quantitative estimate of drug-likeness (QED) is 0.724. The number of amides is 1. The molecule has 132 valence electrons. The lowest BCUT2D eigenvalue weighted by atomic mass is 10.2. The minimum atomic E-state index is -0.199. The number of hydrogen-bond acceptors (Lipinski definition) is 5. The Balaban J connectivity index is 1.84. The zero-order valence-electron chi connectivity index (χ0n) is 14.3. The minimum absolute atomic E-state index is 0.199. The molecule has 1 saturated heterocycles. The van der Waals surface area contributed by atoms with Crippen molar-refractivity contribution in [3.05, 3.63) is 45.8 Å². The number of pyridine rings is 1. The van der Waals surface area contributed by atoms with Gasteiger partial charge in [-0.15, -0.1) is 0 Å². The van der Waals surface area contributed by atoms with Crippen LogP contribution in [0.3, 0.4) is 0 Å². The summed E-state index contributed by atoms with van der Waals surface area (Å²) in [5.41, 5.74) is 2.33. The molecule has 7 heteroatoms. The number of aromatic nitrogens is 1. The van der Waals surface area contributed by atoms with Crippen molar-refractivity contribution in [2.24, 2.45) is 0 Å². The number of carbonyl (C=O) groups excluding carboxylic acids is 1. The maximum absolute atomic E-state index is 12.4. The first-order valence-corrected chi connectivity index (χ1v) is 9.19. The second-order valence-corrected chi connectivity index (χ2v) is 7.04. The number of hydrogen-bond donors (Lipinski definition) is 1. The smallest absolute Gasteiger partial charge is 0.257 e. The monoisotopic (exact) mass is 452 g/mol. The highest BCUT2D eigenvalue weighted by Gasteiger charge is 2.21. The van der Waals surface area contributed by atoms with Crippen molar-refractivity contribution < 1.29 is 9.53 Å². The van der Waals surface area contributed by atoms with Crippen molar-refractivity contribution in [1.29, 1.82) is 0 Å². The normalized spacial score (nSPS) is 15.1. The van der Waals surface area contributed by atoms with E-state index >= 15 is 0 Å². The van der Waals surface area contributed by atoms with E-state index in [1.165, 1.54) is 0 Å². The molecule has 0 saturated carbocycles. The average molecular weight is 452 g/mol. The average Bonchev–Trinajstić information content (AvgIpc) is 2.64. The third kappa shape index (κ3) is 4.04. The van der Waals surface area contributed by atoms with E-state index in [0.717, 1.165) is 35.4 Å². The summed E-state index contributed by atoms with van der Waals surface area (Å²) < 4.78 is 6.60. The topological polar surface area (TPSA) is 57.7 Å². The molecule has 2 heterocycles. The van der Waals surface area contributed by atoms with Gasteiger partial charge in [-0.05, 0) is 53.9 Å². The summed E-state index contributed by atoms with van der Waals surface area (Å²) in [6.07, 6.45) is 3.19. The summed E-state index contributed by atoms with van der Waals surface area (Å²) in [4.78, 5) is 21.1. The highest BCUT2D eigenvalue weighted by atomic mass is 127. The molecule has 0 atom stereocenters. The Morgan fingerprint density at radius 3 is 2.64 bits per heavy atom. The second kappa shape index (κ2) is 8.01. The first-order chi connectivity index (χ1) is 12.1. The number of methoxy groups -OCH3 is 1. The van der Waals surface area contributed by atoms with Crippen LogP contribution in [0.15, 0.2) is 36.7 Å². The number of benzene rings is 1. The standard InChI is InChI=1S/C18H21IN4O2/c1-22-8-10-23(11-9-22)15-6-5-14(17(25-2)16(15)19)21-18(24)13-4-3-7-20-12-13/h3-7,12H,8-11H2,1-2H3,(H,21,24). The van der Waals surface area contributed by atoms with Crippen molar-refractivity contribution >= 4 is 39.9 Å². The van der Waals surface area contributed by atoms with E-state index in [2.05, 4.69) is 55.8 Å². The molecule has 6 nitrogen and oxygen atoms in total. The number of likely N-dealkylation sites (N-methyl/N-ethyl adjacent to an activating group) is 1. The molecule has 1 aromatic heterocycles. The number of nitrogens with zero attached hydrogens (tertiary/aromatic N) is 3. The molecular formula is C18H21IN4O2. The molecule has 0 aliphatic carbocycles. The van der Waals surface area contributed by atoms with E-state index in [4.69, 9.17) is 4.74 Å². The van der Waals surface area contributed by atoms with Crippen LogP contribution in [0.5, 0.6) is 5.75 Å². The van der Waals surface area contributed by atoms with Crippen molar-refractivity contribution in [1.82, 2.24) is 9.88 Å². The van der Waals surface area contributed by atoms with Gasteiger partial charge in [0.1, 0.15) is 0 Å². The third-order valence-electron chi connectivity index (χ3n) is 4.30. The fourth-order valence-electron chi connectivity index (χ4n) is 2.83. The maximum atomic E-state index is 12.4. The van der Waals surface area contributed by atoms with Crippen molar-refractivity contribution in [3.63, 3.8) is 0 Å². The van der Waals surface area contributed by atoms with Crippen LogP contribution in [0, 0.1) is 3.57 Å². The minimum Gasteiger partial charge on any atom is -0.493 e. The summed E-state index contributed by atoms with van der Waals surface area (Å²) >= 11 is 2.29. The van der Waals surface area contributed by atoms with Crippen LogP contribution >= 0.6 is 22.6 Å². The lowest BCUT2D eigenvalue weighted by Gasteiger charge is -2.35. The van der Waals surface area contributed by atoms with Crippen LogP contribution in [0.25, 0.3) is 0 Å². The van der Waals surface area contributed by atoms with Crippen LogP contribution in [-0.2, 0) is 0 Å². The molecule has 2 aromatic rings. The lowest BCUT2D eigenvalue weighted by Crippen LogP contribution is -2.44. The Morgan fingerprint density at radius 2 is 2.00 bits per heavy atom. The molecular weight excluding hydrogens is 431 g/mol. The van der Waals surface area contributed by atoms with Crippen LogP contribution < -0.4 is 15.0 Å². The molecule has 1 aliphatic heterocycles. The summed E-state index contributed by atoms with van der Waals surface area (Å²) in [6.45, 7) is 4.05. The van der Waals surface area contributed by atoms with Crippen molar-refractivity contribution in [2.75, 3.05) is 50.6 Å². The number of nitrogens with one attached hydrogen (secondary N) is 1. The maximum Gasteiger partial charge on any atom is 0.257 e. The number of rotatable bonds is 4. The van der Waals surface area contributed by atoms with Gasteiger partial charge in [0.2, 0.25) is 0 Å². The number of anilines is 2. The highest BCUT2D eigenvalue weighted by molar-refractivity contribution is 14.1. The fourth-order valence-corrected chi connectivity index (χ4v) is 3.86.